The van der Waals surface area contributed by atoms with Crippen molar-refractivity contribution in [2.45, 2.75) is 25.5 Å². The monoisotopic (exact) mass is 173 g/mol. The molecule has 2 N–H and O–H groups in total. The Kier molecular flexibility index (Phi) is 2.65. The summed E-state index contributed by atoms with van der Waals surface area (Å²) < 4.78 is 4.91. The molecule has 1 amide bonds. The number of aliphatic carboxylic acids is 1. The van der Waals surface area contributed by atoms with E-state index >= 15 is 0 Å². The van der Waals surface area contributed by atoms with Crippen LogP contribution in [0.3, 0.4) is 0 Å². The molecule has 1 saturated heterocycles. The lowest BCUT2D eigenvalue weighted by Crippen LogP contribution is -2.33. The summed E-state index contributed by atoms with van der Waals surface area (Å²) in [6.45, 7) is 1.69. The van der Waals surface area contributed by atoms with E-state index in [1.54, 1.807) is 0 Å². The number of ether oxygens (including phenoxy) is 1. The Balaban J connectivity index is 2.35. The van der Waals surface area contributed by atoms with E-state index in [2.05, 4.69) is 5.32 Å². The molecule has 0 radical (unpaired) electrons. The average Bonchev–Trinajstić information content (AvgIpc) is 2.34. The Bertz CT molecular complexity index is 204. The van der Waals surface area contributed by atoms with Gasteiger partial charge in [-0.15, -0.1) is 0 Å². The highest BCUT2D eigenvalue weighted by Gasteiger charge is 2.30. The van der Waals surface area contributed by atoms with Gasteiger partial charge in [-0.05, 0) is 0 Å². The number of amides is 1. The molecule has 12 heavy (non-hydrogen) atoms. The molecule has 2 atom stereocenters. The largest absolute Gasteiger partial charge is 0.479 e. The molecule has 68 valence electrons. The van der Waals surface area contributed by atoms with Crippen molar-refractivity contribution in [3.8, 4) is 0 Å². The number of nitrogens with one attached hydrogen (secondary N) is 1. The highest BCUT2D eigenvalue weighted by molar-refractivity contribution is 5.75. The van der Waals surface area contributed by atoms with Gasteiger partial charge < -0.3 is 15.2 Å². The van der Waals surface area contributed by atoms with Crippen LogP contribution >= 0.6 is 0 Å². The topological polar surface area (TPSA) is 75.6 Å². The van der Waals surface area contributed by atoms with Gasteiger partial charge in [0.25, 0.3) is 0 Å². The maximum Gasteiger partial charge on any atom is 0.332 e. The number of carbonyl (C=O) groups excluding carboxylic acids is 1. The second-order valence-electron chi connectivity index (χ2n) is 2.79. The van der Waals surface area contributed by atoms with Crippen molar-refractivity contribution in [2.24, 2.45) is 0 Å². The van der Waals surface area contributed by atoms with Crippen LogP contribution < -0.4 is 5.32 Å². The van der Waals surface area contributed by atoms with Gasteiger partial charge in [-0.1, -0.05) is 0 Å². The summed E-state index contributed by atoms with van der Waals surface area (Å²) in [5, 5.41) is 11.1. The highest BCUT2D eigenvalue weighted by Crippen LogP contribution is 2.12. The first-order valence-electron chi connectivity index (χ1n) is 3.71. The summed E-state index contributed by atoms with van der Waals surface area (Å²) in [6, 6.07) is -0.149. The quantitative estimate of drug-likeness (QED) is 0.582. The summed E-state index contributed by atoms with van der Waals surface area (Å²) in [5.41, 5.74) is 0. The smallest absolute Gasteiger partial charge is 0.332 e. The van der Waals surface area contributed by atoms with Crippen molar-refractivity contribution in [3.05, 3.63) is 0 Å². The predicted molar refractivity (Wildman–Crippen MR) is 39.6 cm³/mol. The summed E-state index contributed by atoms with van der Waals surface area (Å²) in [4.78, 5) is 21.0. The fraction of sp³-hybridized carbons (Fsp3) is 0.714. The van der Waals surface area contributed by atoms with Crippen molar-refractivity contribution < 1.29 is 19.4 Å². The van der Waals surface area contributed by atoms with Crippen LogP contribution in [0.5, 0.6) is 0 Å². The lowest BCUT2D eigenvalue weighted by atomic mass is 10.2. The van der Waals surface area contributed by atoms with Crippen LogP contribution in [0.15, 0.2) is 0 Å². The van der Waals surface area contributed by atoms with Gasteiger partial charge in [-0.25, -0.2) is 4.79 Å². The SMILES string of the molecule is CC(=O)N[C@@H]1CO[C@H](C(=O)O)C1. The fourth-order valence-corrected chi connectivity index (χ4v) is 1.19. The van der Waals surface area contributed by atoms with Crippen molar-refractivity contribution in [2.75, 3.05) is 6.61 Å². The second kappa shape index (κ2) is 3.53. The Morgan fingerprint density at radius 2 is 2.25 bits per heavy atom. The Morgan fingerprint density at radius 1 is 1.58 bits per heavy atom. The lowest BCUT2D eigenvalue weighted by molar-refractivity contribution is -0.147. The Hall–Kier alpha value is -1.10. The molecule has 0 unspecified atom stereocenters. The van der Waals surface area contributed by atoms with Gasteiger partial charge in [-0.2, -0.15) is 0 Å². The number of hydrogen-bond acceptors (Lipinski definition) is 3. The Labute approximate surface area is 69.7 Å². The molecule has 0 spiro atoms. The lowest BCUT2D eigenvalue weighted by Gasteiger charge is -2.06. The predicted octanol–water partition coefficient (Wildman–Crippen LogP) is -0.635. The van der Waals surface area contributed by atoms with Gasteiger partial charge in [0, 0.05) is 13.3 Å². The van der Waals surface area contributed by atoms with Crippen molar-refractivity contribution in [1.29, 1.82) is 0 Å². The first-order chi connectivity index (χ1) is 5.59. The zero-order valence-corrected chi connectivity index (χ0v) is 6.74. The number of carboxylic acids is 1. The third-order valence-corrected chi connectivity index (χ3v) is 1.68. The van der Waals surface area contributed by atoms with Crippen LogP contribution in [-0.4, -0.2) is 35.7 Å². The fourth-order valence-electron chi connectivity index (χ4n) is 1.19. The van der Waals surface area contributed by atoms with E-state index in [0.29, 0.717) is 6.42 Å². The highest BCUT2D eigenvalue weighted by atomic mass is 16.5. The number of hydrogen-bond donors (Lipinski definition) is 2. The molecule has 0 bridgehead atoms. The molecule has 0 aromatic carbocycles. The molecule has 0 aromatic rings. The van der Waals surface area contributed by atoms with Gasteiger partial charge in [0.1, 0.15) is 0 Å². The van der Waals surface area contributed by atoms with Gasteiger partial charge in [0.05, 0.1) is 12.6 Å². The van der Waals surface area contributed by atoms with Crippen molar-refractivity contribution >= 4 is 11.9 Å². The number of carbonyl (C=O) groups is 2. The van der Waals surface area contributed by atoms with E-state index in [-0.39, 0.29) is 18.6 Å². The van der Waals surface area contributed by atoms with E-state index in [1.807, 2.05) is 0 Å². The van der Waals surface area contributed by atoms with Crippen LogP contribution in [-0.2, 0) is 14.3 Å². The molecule has 1 aliphatic heterocycles. The van der Waals surface area contributed by atoms with Crippen LogP contribution in [0, 0.1) is 0 Å². The molecule has 5 nitrogen and oxygen atoms in total. The third kappa shape index (κ3) is 2.20. The normalized spacial score (nSPS) is 28.4. The van der Waals surface area contributed by atoms with Crippen LogP contribution in [0.25, 0.3) is 0 Å². The first-order valence-corrected chi connectivity index (χ1v) is 3.71. The molecular formula is C7H11NO4. The molecule has 1 aliphatic rings. The van der Waals surface area contributed by atoms with E-state index in [9.17, 15) is 9.59 Å². The summed E-state index contributed by atoms with van der Waals surface area (Å²) in [7, 11) is 0. The van der Waals surface area contributed by atoms with E-state index in [1.165, 1.54) is 6.92 Å². The third-order valence-electron chi connectivity index (χ3n) is 1.68. The molecule has 1 rings (SSSR count). The summed E-state index contributed by atoms with van der Waals surface area (Å²) in [6.07, 6.45) is -0.406. The molecular weight excluding hydrogens is 162 g/mol. The number of carboxylic acid groups (broad SMARTS) is 1. The second-order valence-corrected chi connectivity index (χ2v) is 2.79. The van der Waals surface area contributed by atoms with E-state index in [4.69, 9.17) is 9.84 Å². The van der Waals surface area contributed by atoms with Crippen molar-refractivity contribution in [3.63, 3.8) is 0 Å². The van der Waals surface area contributed by atoms with Gasteiger partial charge >= 0.3 is 5.97 Å². The maximum atomic E-state index is 10.6. The molecule has 1 heterocycles. The molecule has 0 saturated carbocycles. The van der Waals surface area contributed by atoms with Crippen LogP contribution in [0.4, 0.5) is 0 Å². The zero-order chi connectivity index (χ0) is 9.14. The molecule has 0 aromatic heterocycles. The minimum Gasteiger partial charge on any atom is -0.479 e. The standard InChI is InChI=1S/C7H11NO4/c1-4(9)8-5-2-6(7(10)11)12-3-5/h5-6H,2-3H2,1H3,(H,8,9)(H,10,11)/t5-,6-/m0/s1. The number of rotatable bonds is 2. The van der Waals surface area contributed by atoms with Gasteiger partial charge in [-0.3, -0.25) is 4.79 Å². The minimum absolute atomic E-state index is 0.149. The maximum absolute atomic E-state index is 10.6. The zero-order valence-electron chi connectivity index (χ0n) is 6.74. The average molecular weight is 173 g/mol. The Morgan fingerprint density at radius 3 is 2.67 bits per heavy atom. The summed E-state index contributed by atoms with van der Waals surface area (Å²) in [5.74, 6) is -1.13. The minimum atomic E-state index is -0.970. The van der Waals surface area contributed by atoms with Gasteiger partial charge in [0.15, 0.2) is 6.10 Å². The summed E-state index contributed by atoms with van der Waals surface area (Å²) >= 11 is 0. The van der Waals surface area contributed by atoms with Gasteiger partial charge in [0.2, 0.25) is 5.91 Å². The van der Waals surface area contributed by atoms with Crippen LogP contribution in [0.2, 0.25) is 0 Å². The van der Waals surface area contributed by atoms with Crippen molar-refractivity contribution in [1.82, 2.24) is 5.32 Å². The van der Waals surface area contributed by atoms with E-state index < -0.39 is 12.1 Å². The van der Waals surface area contributed by atoms with E-state index in [0.717, 1.165) is 0 Å². The molecule has 0 aliphatic carbocycles. The molecule has 5 heteroatoms. The van der Waals surface area contributed by atoms with Crippen LogP contribution in [0.1, 0.15) is 13.3 Å². The molecule has 1 fully saturated rings. The first kappa shape index (κ1) is 8.99.